The quantitative estimate of drug-likeness (QED) is 0.888. The third kappa shape index (κ3) is 2.95. The molecule has 1 rings (SSSR count). The van der Waals surface area contributed by atoms with Gasteiger partial charge in [-0.2, -0.15) is 0 Å². The lowest BCUT2D eigenvalue weighted by Gasteiger charge is -2.17. The zero-order valence-corrected chi connectivity index (χ0v) is 10.4. The molecule has 4 heteroatoms. The van der Waals surface area contributed by atoms with Gasteiger partial charge >= 0.3 is 0 Å². The predicted molar refractivity (Wildman–Crippen MR) is 64.6 cm³/mol. The number of likely N-dealkylation sites (N-methyl/N-ethyl adjacent to an activating group) is 1. The van der Waals surface area contributed by atoms with Gasteiger partial charge in [-0.05, 0) is 30.3 Å². The normalized spacial score (nSPS) is 12.9. The Labute approximate surface area is 98.0 Å². The average molecular weight is 278 g/mol. The molecule has 2 nitrogen and oxygen atoms in total. The van der Waals surface area contributed by atoms with Crippen molar-refractivity contribution in [1.82, 2.24) is 5.32 Å². The standard InChI is InChI=1S/C10H14BrClN2/c1-2-14-10(6-13)8-5-7(11)3-4-9(8)12/h3-5,10,14H,2,6,13H2,1H3. The lowest BCUT2D eigenvalue weighted by molar-refractivity contribution is 0.562. The van der Waals surface area contributed by atoms with Crippen LogP contribution in [-0.4, -0.2) is 13.1 Å². The van der Waals surface area contributed by atoms with Crippen LogP contribution in [0.1, 0.15) is 18.5 Å². The fraction of sp³-hybridized carbons (Fsp3) is 0.400. The van der Waals surface area contributed by atoms with Gasteiger partial charge in [0, 0.05) is 22.1 Å². The highest BCUT2D eigenvalue weighted by molar-refractivity contribution is 9.10. The van der Waals surface area contributed by atoms with E-state index in [4.69, 9.17) is 17.3 Å². The van der Waals surface area contributed by atoms with Crippen LogP contribution in [0.4, 0.5) is 0 Å². The summed E-state index contributed by atoms with van der Waals surface area (Å²) in [5, 5.41) is 4.04. The zero-order chi connectivity index (χ0) is 10.6. The number of hydrogen-bond donors (Lipinski definition) is 2. The lowest BCUT2D eigenvalue weighted by Crippen LogP contribution is -2.28. The Morgan fingerprint density at radius 2 is 2.29 bits per heavy atom. The van der Waals surface area contributed by atoms with E-state index in [9.17, 15) is 0 Å². The molecule has 3 N–H and O–H groups in total. The molecule has 1 atom stereocenters. The van der Waals surface area contributed by atoms with Crippen LogP contribution in [0.2, 0.25) is 5.02 Å². The minimum atomic E-state index is 0.130. The van der Waals surface area contributed by atoms with Crippen molar-refractivity contribution in [3.8, 4) is 0 Å². The van der Waals surface area contributed by atoms with Gasteiger partial charge in [-0.3, -0.25) is 0 Å². The molecule has 0 spiro atoms. The van der Waals surface area contributed by atoms with Crippen LogP contribution < -0.4 is 11.1 Å². The van der Waals surface area contributed by atoms with E-state index in [1.54, 1.807) is 0 Å². The molecule has 1 aromatic rings. The summed E-state index contributed by atoms with van der Waals surface area (Å²) in [4.78, 5) is 0. The van der Waals surface area contributed by atoms with Gasteiger partial charge in [0.05, 0.1) is 0 Å². The molecule has 0 amide bonds. The maximum atomic E-state index is 6.09. The highest BCUT2D eigenvalue weighted by Crippen LogP contribution is 2.25. The minimum Gasteiger partial charge on any atom is -0.329 e. The van der Waals surface area contributed by atoms with Crippen LogP contribution in [0, 0.1) is 0 Å². The van der Waals surface area contributed by atoms with Gasteiger partial charge in [-0.15, -0.1) is 0 Å². The van der Waals surface area contributed by atoms with Crippen LogP contribution >= 0.6 is 27.5 Å². The summed E-state index contributed by atoms with van der Waals surface area (Å²) in [7, 11) is 0. The second kappa shape index (κ2) is 5.71. The molecule has 1 unspecified atom stereocenters. The van der Waals surface area contributed by atoms with Crippen molar-refractivity contribution in [3.05, 3.63) is 33.3 Å². The maximum Gasteiger partial charge on any atom is 0.0459 e. The number of halogens is 2. The summed E-state index contributed by atoms with van der Waals surface area (Å²) in [6.45, 7) is 3.48. The minimum absolute atomic E-state index is 0.130. The highest BCUT2D eigenvalue weighted by atomic mass is 79.9. The summed E-state index contributed by atoms with van der Waals surface area (Å²) in [5.41, 5.74) is 6.72. The molecule has 1 aromatic carbocycles. The van der Waals surface area contributed by atoms with E-state index < -0.39 is 0 Å². The molecule has 0 aliphatic heterocycles. The van der Waals surface area contributed by atoms with Crippen LogP contribution in [-0.2, 0) is 0 Å². The molecular formula is C10H14BrClN2. The average Bonchev–Trinajstić information content (AvgIpc) is 2.18. The Hall–Kier alpha value is -0.0900. The molecular weight excluding hydrogens is 263 g/mol. The number of nitrogens with two attached hydrogens (primary N) is 1. The largest absolute Gasteiger partial charge is 0.329 e. The summed E-state index contributed by atoms with van der Waals surface area (Å²) in [6, 6.07) is 5.93. The molecule has 0 aromatic heterocycles. The van der Waals surface area contributed by atoms with E-state index >= 15 is 0 Å². The third-order valence-corrected chi connectivity index (χ3v) is 2.86. The van der Waals surface area contributed by atoms with E-state index in [1.807, 2.05) is 18.2 Å². The van der Waals surface area contributed by atoms with Crippen LogP contribution in [0.3, 0.4) is 0 Å². The fourth-order valence-corrected chi connectivity index (χ4v) is 1.98. The number of rotatable bonds is 4. The first-order valence-corrected chi connectivity index (χ1v) is 5.74. The Balaban J connectivity index is 2.96. The number of benzene rings is 1. The van der Waals surface area contributed by atoms with Crippen molar-refractivity contribution in [2.45, 2.75) is 13.0 Å². The first-order chi connectivity index (χ1) is 6.69. The van der Waals surface area contributed by atoms with Crippen molar-refractivity contribution in [1.29, 1.82) is 0 Å². The van der Waals surface area contributed by atoms with Gasteiger partial charge in [-0.25, -0.2) is 0 Å². The van der Waals surface area contributed by atoms with Gasteiger partial charge in [0.25, 0.3) is 0 Å². The summed E-state index contributed by atoms with van der Waals surface area (Å²) in [6.07, 6.45) is 0. The van der Waals surface area contributed by atoms with Crippen LogP contribution in [0.15, 0.2) is 22.7 Å². The van der Waals surface area contributed by atoms with Gasteiger partial charge in [0.2, 0.25) is 0 Å². The van der Waals surface area contributed by atoms with Gasteiger partial charge in [0.1, 0.15) is 0 Å². The first kappa shape index (κ1) is 12.0. The summed E-state index contributed by atoms with van der Waals surface area (Å²) < 4.78 is 1.02. The van der Waals surface area contributed by atoms with Gasteiger partial charge < -0.3 is 11.1 Å². The Bertz CT molecular complexity index is 304. The Morgan fingerprint density at radius 3 is 2.86 bits per heavy atom. The Kier molecular flexibility index (Phi) is 4.89. The maximum absolute atomic E-state index is 6.09. The van der Waals surface area contributed by atoms with Crippen molar-refractivity contribution >= 4 is 27.5 Å². The second-order valence-corrected chi connectivity index (χ2v) is 4.33. The van der Waals surface area contributed by atoms with E-state index in [2.05, 4.69) is 28.2 Å². The molecule has 0 aliphatic rings. The first-order valence-electron chi connectivity index (χ1n) is 4.57. The summed E-state index contributed by atoms with van der Waals surface area (Å²) >= 11 is 9.51. The number of nitrogens with one attached hydrogen (secondary N) is 1. The van der Waals surface area contributed by atoms with Crippen molar-refractivity contribution in [3.63, 3.8) is 0 Å². The monoisotopic (exact) mass is 276 g/mol. The number of hydrogen-bond acceptors (Lipinski definition) is 2. The van der Waals surface area contributed by atoms with E-state index in [0.717, 1.165) is 21.6 Å². The third-order valence-electron chi connectivity index (χ3n) is 2.02. The molecule has 0 saturated heterocycles. The molecule has 78 valence electrons. The van der Waals surface area contributed by atoms with Crippen molar-refractivity contribution < 1.29 is 0 Å². The molecule has 0 radical (unpaired) electrons. The van der Waals surface area contributed by atoms with Crippen LogP contribution in [0.25, 0.3) is 0 Å². The molecule has 0 fully saturated rings. The van der Waals surface area contributed by atoms with E-state index in [1.165, 1.54) is 0 Å². The van der Waals surface area contributed by atoms with E-state index in [0.29, 0.717) is 6.54 Å². The van der Waals surface area contributed by atoms with E-state index in [-0.39, 0.29) is 6.04 Å². The predicted octanol–water partition coefficient (Wildman–Crippen LogP) is 2.71. The highest BCUT2D eigenvalue weighted by Gasteiger charge is 2.11. The van der Waals surface area contributed by atoms with Crippen molar-refractivity contribution in [2.24, 2.45) is 5.73 Å². The molecule has 0 bridgehead atoms. The van der Waals surface area contributed by atoms with Gasteiger partial charge in [0.15, 0.2) is 0 Å². The lowest BCUT2D eigenvalue weighted by atomic mass is 10.1. The molecule has 0 heterocycles. The second-order valence-electron chi connectivity index (χ2n) is 3.01. The SMILES string of the molecule is CCNC(CN)c1cc(Br)ccc1Cl. The fourth-order valence-electron chi connectivity index (χ4n) is 1.35. The molecule has 0 aliphatic carbocycles. The van der Waals surface area contributed by atoms with Crippen molar-refractivity contribution in [2.75, 3.05) is 13.1 Å². The smallest absolute Gasteiger partial charge is 0.0459 e. The molecule has 0 saturated carbocycles. The topological polar surface area (TPSA) is 38.0 Å². The van der Waals surface area contributed by atoms with Gasteiger partial charge in [-0.1, -0.05) is 34.5 Å². The molecule has 14 heavy (non-hydrogen) atoms. The summed E-state index contributed by atoms with van der Waals surface area (Å²) in [5.74, 6) is 0. The Morgan fingerprint density at radius 1 is 1.57 bits per heavy atom. The van der Waals surface area contributed by atoms with Crippen LogP contribution in [0.5, 0.6) is 0 Å². The zero-order valence-electron chi connectivity index (χ0n) is 8.06.